The Morgan fingerprint density at radius 2 is 1.94 bits per heavy atom. The molecule has 0 unspecified atom stereocenters. The SMILES string of the molecule is COc1ccccc1NC(=O)C1=C(C)Nc2nc(-c3cccs3)nn2[C@@H]1c1ccc(Cl)cc1. The van der Waals surface area contributed by atoms with Crippen molar-refractivity contribution in [3.63, 3.8) is 0 Å². The van der Waals surface area contributed by atoms with Crippen molar-refractivity contribution in [2.24, 2.45) is 0 Å². The fourth-order valence-corrected chi connectivity index (χ4v) is 4.62. The highest BCUT2D eigenvalue weighted by molar-refractivity contribution is 7.13. The number of amides is 1. The number of carbonyl (C=O) groups is 1. The predicted octanol–water partition coefficient (Wildman–Crippen LogP) is 5.60. The molecule has 1 amide bonds. The first-order chi connectivity index (χ1) is 16.0. The summed E-state index contributed by atoms with van der Waals surface area (Å²) >= 11 is 7.70. The lowest BCUT2D eigenvalue weighted by Crippen LogP contribution is -2.31. The summed E-state index contributed by atoms with van der Waals surface area (Å²) in [6.45, 7) is 1.86. The summed E-state index contributed by atoms with van der Waals surface area (Å²) in [7, 11) is 1.57. The highest BCUT2D eigenvalue weighted by Gasteiger charge is 2.34. The van der Waals surface area contributed by atoms with E-state index in [2.05, 4.69) is 15.6 Å². The number of nitrogens with one attached hydrogen (secondary N) is 2. The van der Waals surface area contributed by atoms with Crippen LogP contribution >= 0.6 is 22.9 Å². The van der Waals surface area contributed by atoms with Crippen molar-refractivity contribution in [2.45, 2.75) is 13.0 Å². The topological polar surface area (TPSA) is 81.1 Å². The van der Waals surface area contributed by atoms with Crippen LogP contribution in [0.3, 0.4) is 0 Å². The lowest BCUT2D eigenvalue weighted by atomic mass is 9.95. The molecule has 0 bridgehead atoms. The summed E-state index contributed by atoms with van der Waals surface area (Å²) in [5.41, 5.74) is 2.68. The number of para-hydroxylation sites is 2. The molecule has 1 aliphatic heterocycles. The van der Waals surface area contributed by atoms with Gasteiger partial charge in [0.25, 0.3) is 5.91 Å². The van der Waals surface area contributed by atoms with Gasteiger partial charge in [-0.25, -0.2) is 4.68 Å². The zero-order valence-electron chi connectivity index (χ0n) is 17.9. The number of ether oxygens (including phenoxy) is 1. The Kier molecular flexibility index (Phi) is 5.62. The molecular weight excluding hydrogens is 458 g/mol. The van der Waals surface area contributed by atoms with Crippen LogP contribution < -0.4 is 15.4 Å². The Morgan fingerprint density at radius 1 is 1.15 bits per heavy atom. The number of anilines is 2. The molecule has 0 radical (unpaired) electrons. The number of carbonyl (C=O) groups excluding carboxylic acids is 1. The standard InChI is InChI=1S/C24H20ClN5O2S/c1-14-20(23(31)27-17-6-3-4-7-18(17)32-2)21(15-9-11-16(25)12-10-15)30-24(26-14)28-22(29-30)19-8-5-13-33-19/h3-13,21H,1-2H3,(H,27,31)(H,26,28,29)/t21-/m1/s1. The van der Waals surface area contributed by atoms with Crippen molar-refractivity contribution in [3.8, 4) is 16.5 Å². The summed E-state index contributed by atoms with van der Waals surface area (Å²) in [5, 5.41) is 13.6. The molecule has 0 saturated heterocycles. The minimum Gasteiger partial charge on any atom is -0.495 e. The first-order valence-corrected chi connectivity index (χ1v) is 11.5. The van der Waals surface area contributed by atoms with Gasteiger partial charge in [-0.1, -0.05) is 41.9 Å². The molecule has 5 rings (SSSR count). The van der Waals surface area contributed by atoms with Gasteiger partial charge in [0.05, 0.1) is 23.2 Å². The number of fused-ring (bicyclic) bond motifs is 1. The van der Waals surface area contributed by atoms with E-state index < -0.39 is 6.04 Å². The van der Waals surface area contributed by atoms with E-state index in [0.29, 0.717) is 39.5 Å². The predicted molar refractivity (Wildman–Crippen MR) is 131 cm³/mol. The maximum Gasteiger partial charge on any atom is 0.255 e. The Morgan fingerprint density at radius 3 is 2.67 bits per heavy atom. The molecule has 7 nitrogen and oxygen atoms in total. The van der Waals surface area contributed by atoms with Crippen LogP contribution in [0.5, 0.6) is 5.75 Å². The fraction of sp³-hybridized carbons (Fsp3) is 0.125. The molecule has 0 spiro atoms. The first kappa shape index (κ1) is 21.2. The lowest BCUT2D eigenvalue weighted by Gasteiger charge is -2.28. The summed E-state index contributed by atoms with van der Waals surface area (Å²) in [6.07, 6.45) is 0. The van der Waals surface area contributed by atoms with Gasteiger partial charge in [-0.05, 0) is 48.2 Å². The number of halogens is 1. The molecule has 166 valence electrons. The third kappa shape index (κ3) is 3.99. The Labute approximate surface area is 199 Å². The Bertz CT molecular complexity index is 1350. The van der Waals surface area contributed by atoms with E-state index in [1.807, 2.05) is 48.7 Å². The first-order valence-electron chi connectivity index (χ1n) is 10.2. The van der Waals surface area contributed by atoms with Crippen molar-refractivity contribution in [1.29, 1.82) is 0 Å². The number of rotatable bonds is 5. The zero-order valence-corrected chi connectivity index (χ0v) is 19.4. The van der Waals surface area contributed by atoms with Crippen LogP contribution in [0.15, 0.2) is 77.3 Å². The maximum atomic E-state index is 13.6. The van der Waals surface area contributed by atoms with Gasteiger partial charge in [-0.2, -0.15) is 4.98 Å². The Hall–Kier alpha value is -3.62. The molecule has 9 heteroatoms. The number of nitrogens with zero attached hydrogens (tertiary/aromatic N) is 3. The van der Waals surface area contributed by atoms with Gasteiger partial charge in [0, 0.05) is 10.7 Å². The van der Waals surface area contributed by atoms with Gasteiger partial charge in [0.2, 0.25) is 5.95 Å². The van der Waals surface area contributed by atoms with Crippen LogP contribution in [0.25, 0.3) is 10.7 Å². The van der Waals surface area contributed by atoms with Crippen LogP contribution in [0, 0.1) is 0 Å². The number of hydrogen-bond donors (Lipinski definition) is 2. The van der Waals surface area contributed by atoms with Gasteiger partial charge in [-0.15, -0.1) is 16.4 Å². The lowest BCUT2D eigenvalue weighted by molar-refractivity contribution is -0.113. The summed E-state index contributed by atoms with van der Waals surface area (Å²) in [5.74, 6) is 1.50. The van der Waals surface area contributed by atoms with Gasteiger partial charge in [-0.3, -0.25) is 4.79 Å². The number of methoxy groups -OCH3 is 1. The average Bonchev–Trinajstić information content (AvgIpc) is 3.49. The number of thiophene rings is 1. The molecular formula is C24H20ClN5O2S. The zero-order chi connectivity index (χ0) is 22.9. The van der Waals surface area contributed by atoms with Crippen molar-refractivity contribution >= 4 is 40.5 Å². The smallest absolute Gasteiger partial charge is 0.255 e. The quantitative estimate of drug-likeness (QED) is 0.391. The third-order valence-corrected chi connectivity index (χ3v) is 6.50. The van der Waals surface area contributed by atoms with Gasteiger partial charge >= 0.3 is 0 Å². The highest BCUT2D eigenvalue weighted by atomic mass is 35.5. The van der Waals surface area contributed by atoms with E-state index in [1.165, 1.54) is 0 Å². The molecule has 1 atom stereocenters. The van der Waals surface area contributed by atoms with E-state index in [0.717, 1.165) is 10.4 Å². The number of aromatic nitrogens is 3. The molecule has 0 aliphatic carbocycles. The summed E-state index contributed by atoms with van der Waals surface area (Å²) in [6, 6.07) is 18.2. The molecule has 4 aromatic rings. The molecule has 1 aliphatic rings. The third-order valence-electron chi connectivity index (χ3n) is 5.38. The van der Waals surface area contributed by atoms with Crippen molar-refractivity contribution in [2.75, 3.05) is 17.7 Å². The van der Waals surface area contributed by atoms with Crippen molar-refractivity contribution in [3.05, 3.63) is 87.9 Å². The van der Waals surface area contributed by atoms with Crippen LogP contribution in [0.4, 0.5) is 11.6 Å². The maximum absolute atomic E-state index is 13.6. The van der Waals surface area contributed by atoms with Crippen LogP contribution in [-0.4, -0.2) is 27.8 Å². The minimum absolute atomic E-state index is 0.261. The van der Waals surface area contributed by atoms with Gasteiger partial charge < -0.3 is 15.4 Å². The molecule has 0 fully saturated rings. The van der Waals surface area contributed by atoms with E-state index in [1.54, 1.807) is 47.4 Å². The minimum atomic E-state index is -0.491. The van der Waals surface area contributed by atoms with Gasteiger partial charge in [0.15, 0.2) is 5.82 Å². The normalized spacial score (nSPS) is 15.1. The summed E-state index contributed by atoms with van der Waals surface area (Å²) < 4.78 is 7.15. The van der Waals surface area contributed by atoms with E-state index in [4.69, 9.17) is 21.4 Å². The van der Waals surface area contributed by atoms with E-state index in [9.17, 15) is 4.79 Å². The second kappa shape index (κ2) is 8.73. The molecule has 0 saturated carbocycles. The second-order valence-electron chi connectivity index (χ2n) is 7.45. The highest BCUT2D eigenvalue weighted by Crippen LogP contribution is 2.38. The van der Waals surface area contributed by atoms with Crippen LogP contribution in [0.1, 0.15) is 18.5 Å². The van der Waals surface area contributed by atoms with Crippen LogP contribution in [0.2, 0.25) is 5.02 Å². The van der Waals surface area contributed by atoms with E-state index >= 15 is 0 Å². The second-order valence-corrected chi connectivity index (χ2v) is 8.84. The van der Waals surface area contributed by atoms with Crippen molar-refractivity contribution < 1.29 is 9.53 Å². The number of benzene rings is 2. The molecule has 2 N–H and O–H groups in total. The fourth-order valence-electron chi connectivity index (χ4n) is 3.85. The molecule has 3 heterocycles. The van der Waals surface area contributed by atoms with Crippen molar-refractivity contribution in [1.82, 2.24) is 14.8 Å². The monoisotopic (exact) mass is 477 g/mol. The molecule has 33 heavy (non-hydrogen) atoms. The Balaban J connectivity index is 1.60. The molecule has 2 aromatic heterocycles. The van der Waals surface area contributed by atoms with E-state index in [-0.39, 0.29) is 5.91 Å². The summed E-state index contributed by atoms with van der Waals surface area (Å²) in [4.78, 5) is 19.2. The van der Waals surface area contributed by atoms with Gasteiger partial charge in [0.1, 0.15) is 11.8 Å². The largest absolute Gasteiger partial charge is 0.495 e. The average molecular weight is 478 g/mol. The van der Waals surface area contributed by atoms with Crippen LogP contribution in [-0.2, 0) is 4.79 Å². The number of allylic oxidation sites excluding steroid dienone is 1. The molecule has 2 aromatic carbocycles. The number of hydrogen-bond acceptors (Lipinski definition) is 6.